The standard InChI is InChI=1S/C22H20N2O2S/c1-15(25)24-11-10-19-13-18(8-9-21(19)24)16-4-6-17(7-5-16)22(26)23-14-20-3-2-12-27-20/h2-9,12-13H,10-11,14H2,1H3,(H,23,26). The Balaban J connectivity index is 1.48. The van der Waals surface area contributed by atoms with Crippen molar-refractivity contribution in [2.45, 2.75) is 19.9 Å². The number of nitrogens with zero attached hydrogens (tertiary/aromatic N) is 1. The molecule has 2 aromatic carbocycles. The number of hydrogen-bond acceptors (Lipinski definition) is 3. The van der Waals surface area contributed by atoms with Crippen LogP contribution in [0.25, 0.3) is 11.1 Å². The number of anilines is 1. The molecule has 3 aromatic rings. The second-order valence-corrected chi connectivity index (χ2v) is 7.64. The lowest BCUT2D eigenvalue weighted by atomic mass is 10.0. The summed E-state index contributed by atoms with van der Waals surface area (Å²) in [5.41, 5.74) is 5.02. The van der Waals surface area contributed by atoms with Crippen LogP contribution in [0, 0.1) is 0 Å². The predicted molar refractivity (Wildman–Crippen MR) is 109 cm³/mol. The summed E-state index contributed by atoms with van der Waals surface area (Å²) in [6.07, 6.45) is 0.881. The van der Waals surface area contributed by atoms with Gasteiger partial charge in [0.1, 0.15) is 0 Å². The van der Waals surface area contributed by atoms with Crippen LogP contribution >= 0.6 is 11.3 Å². The molecule has 0 fully saturated rings. The van der Waals surface area contributed by atoms with Gasteiger partial charge in [0.05, 0.1) is 6.54 Å². The van der Waals surface area contributed by atoms with Gasteiger partial charge >= 0.3 is 0 Å². The van der Waals surface area contributed by atoms with Gasteiger partial charge in [-0.2, -0.15) is 0 Å². The third-order valence-corrected chi connectivity index (χ3v) is 5.72. The molecule has 1 aliphatic rings. The molecule has 0 radical (unpaired) electrons. The van der Waals surface area contributed by atoms with E-state index in [0.717, 1.165) is 34.7 Å². The second kappa shape index (κ2) is 7.37. The first kappa shape index (κ1) is 17.5. The van der Waals surface area contributed by atoms with Crippen molar-refractivity contribution in [2.24, 2.45) is 0 Å². The van der Waals surface area contributed by atoms with E-state index in [1.165, 1.54) is 5.56 Å². The Bertz CT molecular complexity index is 978. The minimum Gasteiger partial charge on any atom is -0.347 e. The largest absolute Gasteiger partial charge is 0.347 e. The van der Waals surface area contributed by atoms with Gasteiger partial charge in [0, 0.05) is 29.6 Å². The van der Waals surface area contributed by atoms with E-state index >= 15 is 0 Å². The van der Waals surface area contributed by atoms with E-state index in [1.54, 1.807) is 18.3 Å². The molecule has 2 amide bonds. The van der Waals surface area contributed by atoms with Gasteiger partial charge in [0.2, 0.25) is 5.91 Å². The maximum Gasteiger partial charge on any atom is 0.251 e. The van der Waals surface area contributed by atoms with Crippen LogP contribution in [-0.2, 0) is 17.8 Å². The van der Waals surface area contributed by atoms with Crippen molar-refractivity contribution in [3.05, 3.63) is 76.0 Å². The quantitative estimate of drug-likeness (QED) is 0.740. The number of amides is 2. The predicted octanol–water partition coefficient (Wildman–Crippen LogP) is 4.25. The van der Waals surface area contributed by atoms with Crippen LogP contribution in [0.15, 0.2) is 60.0 Å². The monoisotopic (exact) mass is 376 g/mol. The summed E-state index contributed by atoms with van der Waals surface area (Å²) in [5, 5.41) is 4.95. The summed E-state index contributed by atoms with van der Waals surface area (Å²) in [6, 6.07) is 17.8. The fraction of sp³-hybridized carbons (Fsp3) is 0.182. The molecular weight excluding hydrogens is 356 g/mol. The van der Waals surface area contributed by atoms with Crippen molar-refractivity contribution in [1.29, 1.82) is 0 Å². The lowest BCUT2D eigenvalue weighted by molar-refractivity contribution is -0.116. The van der Waals surface area contributed by atoms with Crippen LogP contribution in [0.3, 0.4) is 0 Å². The molecule has 4 nitrogen and oxygen atoms in total. The second-order valence-electron chi connectivity index (χ2n) is 6.60. The Hall–Kier alpha value is -2.92. The molecular formula is C22H20N2O2S. The topological polar surface area (TPSA) is 49.4 Å². The third kappa shape index (κ3) is 3.64. The van der Waals surface area contributed by atoms with Gasteiger partial charge in [-0.15, -0.1) is 11.3 Å². The normalized spacial score (nSPS) is 12.7. The van der Waals surface area contributed by atoms with Crippen molar-refractivity contribution in [3.63, 3.8) is 0 Å². The summed E-state index contributed by atoms with van der Waals surface area (Å²) in [5.74, 6) is 0.0143. The Morgan fingerprint density at radius 2 is 1.85 bits per heavy atom. The summed E-state index contributed by atoms with van der Waals surface area (Å²) in [4.78, 5) is 26.9. The molecule has 0 saturated carbocycles. The first-order valence-electron chi connectivity index (χ1n) is 8.94. The molecule has 27 heavy (non-hydrogen) atoms. The van der Waals surface area contributed by atoms with Gasteiger partial charge in [-0.25, -0.2) is 0 Å². The highest BCUT2D eigenvalue weighted by atomic mass is 32.1. The van der Waals surface area contributed by atoms with Crippen molar-refractivity contribution in [2.75, 3.05) is 11.4 Å². The summed E-state index contributed by atoms with van der Waals surface area (Å²) in [7, 11) is 0. The molecule has 1 aromatic heterocycles. The molecule has 2 heterocycles. The molecule has 5 heteroatoms. The van der Waals surface area contributed by atoms with E-state index in [9.17, 15) is 9.59 Å². The molecule has 4 rings (SSSR count). The van der Waals surface area contributed by atoms with E-state index in [2.05, 4.69) is 11.4 Å². The highest BCUT2D eigenvalue weighted by Crippen LogP contribution is 2.32. The Morgan fingerprint density at radius 1 is 1.07 bits per heavy atom. The minimum absolute atomic E-state index is 0.0685. The maximum atomic E-state index is 12.3. The van der Waals surface area contributed by atoms with E-state index in [4.69, 9.17) is 0 Å². The molecule has 136 valence electrons. The fourth-order valence-electron chi connectivity index (χ4n) is 3.41. The van der Waals surface area contributed by atoms with Crippen molar-refractivity contribution in [3.8, 4) is 11.1 Å². The number of carbonyl (C=O) groups excluding carboxylic acids is 2. The van der Waals surface area contributed by atoms with Crippen molar-refractivity contribution in [1.82, 2.24) is 5.32 Å². The van der Waals surface area contributed by atoms with Gasteiger partial charge in [-0.1, -0.05) is 24.3 Å². The Kier molecular flexibility index (Phi) is 4.77. The van der Waals surface area contributed by atoms with Crippen LogP contribution < -0.4 is 10.2 Å². The van der Waals surface area contributed by atoms with Crippen molar-refractivity contribution < 1.29 is 9.59 Å². The average molecular weight is 376 g/mol. The highest BCUT2D eigenvalue weighted by molar-refractivity contribution is 7.09. The SMILES string of the molecule is CC(=O)N1CCc2cc(-c3ccc(C(=O)NCc4cccs4)cc3)ccc21. The molecule has 1 N–H and O–H groups in total. The average Bonchev–Trinajstić information content (AvgIpc) is 3.35. The Morgan fingerprint density at radius 3 is 2.56 bits per heavy atom. The fourth-order valence-corrected chi connectivity index (χ4v) is 4.05. The number of hydrogen-bond donors (Lipinski definition) is 1. The summed E-state index contributed by atoms with van der Waals surface area (Å²) in [6.45, 7) is 2.90. The number of nitrogens with one attached hydrogen (secondary N) is 1. The Labute approximate surface area is 162 Å². The molecule has 0 aliphatic carbocycles. The number of thiophene rings is 1. The van der Waals surface area contributed by atoms with E-state index in [1.807, 2.05) is 58.8 Å². The van der Waals surface area contributed by atoms with Crippen molar-refractivity contribution >= 4 is 28.8 Å². The van der Waals surface area contributed by atoms with E-state index in [0.29, 0.717) is 12.1 Å². The first-order valence-corrected chi connectivity index (χ1v) is 9.82. The van der Waals surface area contributed by atoms with Gasteiger partial charge in [0.25, 0.3) is 5.91 Å². The molecule has 0 bridgehead atoms. The summed E-state index contributed by atoms with van der Waals surface area (Å²) >= 11 is 1.63. The van der Waals surface area contributed by atoms with Crippen LogP contribution in [0.5, 0.6) is 0 Å². The van der Waals surface area contributed by atoms with E-state index < -0.39 is 0 Å². The maximum absolute atomic E-state index is 12.3. The molecule has 0 spiro atoms. The van der Waals surface area contributed by atoms with E-state index in [-0.39, 0.29) is 11.8 Å². The van der Waals surface area contributed by atoms with Gasteiger partial charge in [0.15, 0.2) is 0 Å². The molecule has 0 unspecified atom stereocenters. The minimum atomic E-state index is -0.0685. The zero-order valence-electron chi connectivity index (χ0n) is 15.1. The zero-order valence-corrected chi connectivity index (χ0v) is 15.9. The highest BCUT2D eigenvalue weighted by Gasteiger charge is 2.22. The number of fused-ring (bicyclic) bond motifs is 1. The number of rotatable bonds is 4. The molecule has 1 aliphatic heterocycles. The van der Waals surface area contributed by atoms with Crippen LogP contribution in [0.1, 0.15) is 27.7 Å². The van der Waals surface area contributed by atoms with Crippen LogP contribution in [0.4, 0.5) is 5.69 Å². The van der Waals surface area contributed by atoms with Gasteiger partial charge in [-0.3, -0.25) is 9.59 Å². The summed E-state index contributed by atoms with van der Waals surface area (Å²) < 4.78 is 0. The van der Waals surface area contributed by atoms with Gasteiger partial charge < -0.3 is 10.2 Å². The zero-order chi connectivity index (χ0) is 18.8. The smallest absolute Gasteiger partial charge is 0.251 e. The van der Waals surface area contributed by atoms with Crippen LogP contribution in [0.2, 0.25) is 0 Å². The number of benzene rings is 2. The third-order valence-electron chi connectivity index (χ3n) is 4.84. The first-order chi connectivity index (χ1) is 13.1. The molecule has 0 saturated heterocycles. The van der Waals surface area contributed by atoms with Gasteiger partial charge in [-0.05, 0) is 58.8 Å². The number of carbonyl (C=O) groups is 2. The van der Waals surface area contributed by atoms with Crippen LogP contribution in [-0.4, -0.2) is 18.4 Å². The lowest BCUT2D eigenvalue weighted by Gasteiger charge is -2.15. The lowest BCUT2D eigenvalue weighted by Crippen LogP contribution is -2.25. The molecule has 0 atom stereocenters.